The summed E-state index contributed by atoms with van der Waals surface area (Å²) in [5, 5.41) is 12.3. The van der Waals surface area contributed by atoms with Crippen LogP contribution in [0.5, 0.6) is 5.75 Å². The lowest BCUT2D eigenvalue weighted by atomic mass is 10.1. The van der Waals surface area contributed by atoms with Gasteiger partial charge in [0.1, 0.15) is 5.75 Å². The van der Waals surface area contributed by atoms with E-state index >= 15 is 0 Å². The lowest BCUT2D eigenvalue weighted by molar-refractivity contribution is 0.475. The average Bonchev–Trinajstić information content (AvgIpc) is 2.35. The Labute approximate surface area is 104 Å². The summed E-state index contributed by atoms with van der Waals surface area (Å²) in [5.41, 5.74) is 1.45. The zero-order chi connectivity index (χ0) is 13.1. The Kier molecular flexibility index (Phi) is 3.46. The van der Waals surface area contributed by atoms with Gasteiger partial charge < -0.3 is 10.4 Å². The van der Waals surface area contributed by atoms with Gasteiger partial charge in [0.05, 0.1) is 0 Å². The van der Waals surface area contributed by atoms with Crippen LogP contribution in [0.25, 0.3) is 0 Å². The molecule has 0 amide bonds. The average molecular weight is 249 g/mol. The highest BCUT2D eigenvalue weighted by Crippen LogP contribution is 2.22. The van der Waals surface area contributed by atoms with Gasteiger partial charge in [-0.1, -0.05) is 6.07 Å². The topological polar surface area (TPSA) is 32.3 Å². The summed E-state index contributed by atoms with van der Waals surface area (Å²) in [6.45, 7) is 1.85. The van der Waals surface area contributed by atoms with E-state index in [0.29, 0.717) is 5.56 Å². The fourth-order valence-electron chi connectivity index (χ4n) is 1.67. The number of halogens is 2. The molecule has 0 aliphatic heterocycles. The van der Waals surface area contributed by atoms with Gasteiger partial charge in [0.2, 0.25) is 0 Å². The first kappa shape index (κ1) is 12.4. The summed E-state index contributed by atoms with van der Waals surface area (Å²) >= 11 is 0. The summed E-state index contributed by atoms with van der Waals surface area (Å²) in [6.07, 6.45) is 0. The second-order valence-corrected chi connectivity index (χ2v) is 4.09. The third-order valence-electron chi connectivity index (χ3n) is 2.69. The van der Waals surface area contributed by atoms with Crippen LogP contribution in [0.3, 0.4) is 0 Å². The van der Waals surface area contributed by atoms with Crippen LogP contribution >= 0.6 is 0 Å². The highest BCUT2D eigenvalue weighted by Gasteiger charge is 2.09. The maximum absolute atomic E-state index is 13.1. The molecule has 18 heavy (non-hydrogen) atoms. The number of benzene rings is 2. The minimum atomic E-state index is -0.855. The molecule has 0 spiro atoms. The number of phenols is 1. The quantitative estimate of drug-likeness (QED) is 0.810. The molecule has 0 radical (unpaired) electrons. The molecule has 2 aromatic rings. The van der Waals surface area contributed by atoms with Crippen LogP contribution in [0.15, 0.2) is 42.5 Å². The van der Waals surface area contributed by atoms with E-state index in [1.165, 1.54) is 12.1 Å². The van der Waals surface area contributed by atoms with Crippen molar-refractivity contribution in [1.82, 2.24) is 0 Å². The second-order valence-electron chi connectivity index (χ2n) is 4.09. The van der Waals surface area contributed by atoms with E-state index in [2.05, 4.69) is 5.32 Å². The number of hydrogen-bond acceptors (Lipinski definition) is 2. The van der Waals surface area contributed by atoms with Crippen molar-refractivity contribution in [2.75, 3.05) is 5.32 Å². The highest BCUT2D eigenvalue weighted by atomic mass is 19.2. The molecule has 0 saturated carbocycles. The molecular formula is C14H13F2NO. The first-order valence-electron chi connectivity index (χ1n) is 5.57. The van der Waals surface area contributed by atoms with Crippen LogP contribution in [0.2, 0.25) is 0 Å². The molecule has 1 unspecified atom stereocenters. The van der Waals surface area contributed by atoms with Gasteiger partial charge >= 0.3 is 0 Å². The van der Waals surface area contributed by atoms with Crippen LogP contribution < -0.4 is 5.32 Å². The molecule has 0 bridgehead atoms. The van der Waals surface area contributed by atoms with E-state index in [0.717, 1.165) is 11.8 Å². The maximum Gasteiger partial charge on any atom is 0.159 e. The van der Waals surface area contributed by atoms with Gasteiger partial charge in [0.15, 0.2) is 11.6 Å². The van der Waals surface area contributed by atoms with Gasteiger partial charge in [-0.15, -0.1) is 0 Å². The van der Waals surface area contributed by atoms with Crippen molar-refractivity contribution in [2.45, 2.75) is 13.0 Å². The van der Waals surface area contributed by atoms with Crippen LogP contribution in [0.4, 0.5) is 14.5 Å². The third-order valence-corrected chi connectivity index (χ3v) is 2.69. The number of nitrogens with one attached hydrogen (secondary N) is 1. The smallest absolute Gasteiger partial charge is 0.159 e. The summed E-state index contributed by atoms with van der Waals surface area (Å²) in [5.74, 6) is -1.52. The number of aromatic hydroxyl groups is 1. The molecule has 0 aliphatic carbocycles. The Balaban J connectivity index is 2.13. The van der Waals surface area contributed by atoms with Crippen LogP contribution in [0.1, 0.15) is 18.5 Å². The maximum atomic E-state index is 13.1. The van der Waals surface area contributed by atoms with Crippen molar-refractivity contribution in [1.29, 1.82) is 0 Å². The van der Waals surface area contributed by atoms with E-state index in [1.807, 2.05) is 6.92 Å². The van der Waals surface area contributed by atoms with E-state index in [1.54, 1.807) is 24.3 Å². The van der Waals surface area contributed by atoms with E-state index in [9.17, 15) is 8.78 Å². The molecule has 2 nitrogen and oxygen atoms in total. The van der Waals surface area contributed by atoms with Gasteiger partial charge in [-0.2, -0.15) is 0 Å². The van der Waals surface area contributed by atoms with Crippen LogP contribution in [-0.2, 0) is 0 Å². The number of phenolic OH excluding ortho intramolecular Hbond substituents is 1. The van der Waals surface area contributed by atoms with E-state index in [-0.39, 0.29) is 11.8 Å². The molecule has 2 rings (SSSR count). The molecule has 0 aliphatic rings. The molecule has 2 N–H and O–H groups in total. The Hall–Kier alpha value is -2.10. The number of anilines is 1. The van der Waals surface area contributed by atoms with Crippen molar-refractivity contribution in [2.24, 2.45) is 0 Å². The van der Waals surface area contributed by atoms with Crippen molar-refractivity contribution >= 4 is 5.69 Å². The van der Waals surface area contributed by atoms with Crippen molar-refractivity contribution < 1.29 is 13.9 Å². The zero-order valence-electron chi connectivity index (χ0n) is 9.82. The predicted molar refractivity (Wildman–Crippen MR) is 66.5 cm³/mol. The molecule has 0 aromatic heterocycles. The fraction of sp³-hybridized carbons (Fsp3) is 0.143. The molecule has 0 fully saturated rings. The number of rotatable bonds is 3. The Morgan fingerprint density at radius 3 is 2.28 bits per heavy atom. The first-order valence-corrected chi connectivity index (χ1v) is 5.57. The highest BCUT2D eigenvalue weighted by molar-refractivity contribution is 5.47. The van der Waals surface area contributed by atoms with E-state index in [4.69, 9.17) is 5.11 Å². The summed E-state index contributed by atoms with van der Waals surface area (Å²) in [7, 11) is 0. The molecule has 1 atom stereocenters. The van der Waals surface area contributed by atoms with Crippen LogP contribution in [-0.4, -0.2) is 5.11 Å². The Morgan fingerprint density at radius 2 is 1.67 bits per heavy atom. The first-order chi connectivity index (χ1) is 8.56. The van der Waals surface area contributed by atoms with Gasteiger partial charge in [0, 0.05) is 11.7 Å². The summed E-state index contributed by atoms with van der Waals surface area (Å²) < 4.78 is 25.9. The molecular weight excluding hydrogens is 236 g/mol. The minimum Gasteiger partial charge on any atom is -0.508 e. The van der Waals surface area contributed by atoms with Gasteiger partial charge in [-0.05, 0) is 48.9 Å². The van der Waals surface area contributed by atoms with Crippen molar-refractivity contribution in [3.63, 3.8) is 0 Å². The lowest BCUT2D eigenvalue weighted by Gasteiger charge is -2.16. The SMILES string of the molecule is CC(Nc1ccc(O)cc1)c1ccc(F)c(F)c1. The standard InChI is InChI=1S/C14H13F2NO/c1-9(10-2-7-13(15)14(16)8-10)17-11-3-5-12(18)6-4-11/h2-9,17-18H,1H3. The lowest BCUT2D eigenvalue weighted by Crippen LogP contribution is -2.07. The van der Waals surface area contributed by atoms with Crippen LogP contribution in [0, 0.1) is 11.6 Å². The predicted octanol–water partition coefficient (Wildman–Crippen LogP) is 3.84. The normalized spacial score (nSPS) is 12.2. The molecule has 4 heteroatoms. The molecule has 2 aromatic carbocycles. The largest absolute Gasteiger partial charge is 0.508 e. The summed E-state index contributed by atoms with van der Waals surface area (Å²) in [6, 6.07) is 10.2. The monoisotopic (exact) mass is 249 g/mol. The van der Waals surface area contributed by atoms with E-state index < -0.39 is 11.6 Å². The fourth-order valence-corrected chi connectivity index (χ4v) is 1.67. The summed E-state index contributed by atoms with van der Waals surface area (Å²) in [4.78, 5) is 0. The van der Waals surface area contributed by atoms with Gasteiger partial charge in [-0.25, -0.2) is 8.78 Å². The Bertz CT molecular complexity index is 540. The van der Waals surface area contributed by atoms with Gasteiger partial charge in [0.25, 0.3) is 0 Å². The Morgan fingerprint density at radius 1 is 1.00 bits per heavy atom. The molecule has 0 heterocycles. The van der Waals surface area contributed by atoms with Crippen molar-refractivity contribution in [3.8, 4) is 5.75 Å². The minimum absolute atomic E-state index is 0.162. The molecule has 94 valence electrons. The third kappa shape index (κ3) is 2.77. The second kappa shape index (κ2) is 5.04. The zero-order valence-corrected chi connectivity index (χ0v) is 9.82. The number of hydrogen-bond donors (Lipinski definition) is 2. The van der Waals surface area contributed by atoms with Gasteiger partial charge in [-0.3, -0.25) is 0 Å². The van der Waals surface area contributed by atoms with Crippen molar-refractivity contribution in [3.05, 3.63) is 59.7 Å². The molecule has 0 saturated heterocycles.